The molecular formula is C13H23NO2. The van der Waals surface area contributed by atoms with E-state index in [-0.39, 0.29) is 11.2 Å². The molecule has 0 aromatic carbocycles. The maximum atomic E-state index is 11.8. The molecule has 2 fully saturated rings. The van der Waals surface area contributed by atoms with Crippen LogP contribution in [0.25, 0.3) is 0 Å². The molecule has 1 saturated carbocycles. The van der Waals surface area contributed by atoms with E-state index in [1.165, 1.54) is 0 Å². The Morgan fingerprint density at radius 1 is 1.19 bits per heavy atom. The Bertz CT molecular complexity index is 276. The number of rotatable bonds is 3. The quantitative estimate of drug-likeness (QED) is 0.734. The van der Waals surface area contributed by atoms with Crippen molar-refractivity contribution in [2.45, 2.75) is 51.7 Å². The third kappa shape index (κ3) is 3.05. The highest BCUT2D eigenvalue weighted by Gasteiger charge is 2.40. The van der Waals surface area contributed by atoms with E-state index in [0.29, 0.717) is 18.2 Å². The lowest BCUT2D eigenvalue weighted by molar-refractivity contribution is -0.181. The van der Waals surface area contributed by atoms with Gasteiger partial charge in [-0.2, -0.15) is 0 Å². The molecule has 0 aromatic rings. The summed E-state index contributed by atoms with van der Waals surface area (Å²) < 4.78 is 6.00. The van der Waals surface area contributed by atoms with Gasteiger partial charge in [0.25, 0.3) is 0 Å². The van der Waals surface area contributed by atoms with Gasteiger partial charge in [0.15, 0.2) is 0 Å². The first-order valence-corrected chi connectivity index (χ1v) is 6.23. The van der Waals surface area contributed by atoms with Crippen LogP contribution in [0.2, 0.25) is 0 Å². The Morgan fingerprint density at radius 3 is 2.12 bits per heavy atom. The Morgan fingerprint density at radius 2 is 1.69 bits per heavy atom. The largest absolute Gasteiger partial charge is 0.367 e. The molecule has 2 aliphatic rings. The second-order valence-corrected chi connectivity index (χ2v) is 6.51. The molecule has 0 amide bonds. The van der Waals surface area contributed by atoms with Gasteiger partial charge in [0.1, 0.15) is 5.78 Å². The standard InChI is InChI=1S/C13H23NO2/c1-12(2)8-14(9-13(3,4)16-12)7-11(15)10-5-6-10/h10H,5-9H2,1-4H3. The lowest BCUT2D eigenvalue weighted by Gasteiger charge is -2.47. The second kappa shape index (κ2) is 3.81. The minimum Gasteiger partial charge on any atom is -0.367 e. The lowest BCUT2D eigenvalue weighted by Crippen LogP contribution is -2.58. The summed E-state index contributed by atoms with van der Waals surface area (Å²) in [4.78, 5) is 14.1. The van der Waals surface area contributed by atoms with Crippen molar-refractivity contribution in [1.29, 1.82) is 0 Å². The predicted molar refractivity (Wildman–Crippen MR) is 63.4 cm³/mol. The third-order valence-corrected chi connectivity index (χ3v) is 3.17. The van der Waals surface area contributed by atoms with Gasteiger partial charge in [-0.3, -0.25) is 9.69 Å². The Kier molecular flexibility index (Phi) is 2.87. The van der Waals surface area contributed by atoms with Gasteiger partial charge < -0.3 is 4.74 Å². The molecule has 0 spiro atoms. The number of hydrogen-bond donors (Lipinski definition) is 0. The van der Waals surface area contributed by atoms with Crippen molar-refractivity contribution < 1.29 is 9.53 Å². The van der Waals surface area contributed by atoms with E-state index in [2.05, 4.69) is 32.6 Å². The first kappa shape index (κ1) is 12.1. The van der Waals surface area contributed by atoms with Crippen molar-refractivity contribution in [2.24, 2.45) is 5.92 Å². The first-order chi connectivity index (χ1) is 7.27. The minimum atomic E-state index is -0.147. The topological polar surface area (TPSA) is 29.5 Å². The molecular weight excluding hydrogens is 202 g/mol. The predicted octanol–water partition coefficient (Wildman–Crippen LogP) is 1.85. The van der Waals surface area contributed by atoms with E-state index in [4.69, 9.17) is 4.74 Å². The van der Waals surface area contributed by atoms with Crippen LogP contribution in [-0.2, 0) is 9.53 Å². The molecule has 0 radical (unpaired) electrons. The van der Waals surface area contributed by atoms with Crippen LogP contribution >= 0.6 is 0 Å². The van der Waals surface area contributed by atoms with Crippen LogP contribution in [0.15, 0.2) is 0 Å². The molecule has 1 heterocycles. The number of morpholine rings is 1. The zero-order valence-electron chi connectivity index (χ0n) is 10.9. The minimum absolute atomic E-state index is 0.147. The van der Waals surface area contributed by atoms with Crippen LogP contribution in [0.4, 0.5) is 0 Å². The van der Waals surface area contributed by atoms with E-state index < -0.39 is 0 Å². The van der Waals surface area contributed by atoms with Crippen LogP contribution in [0.1, 0.15) is 40.5 Å². The summed E-state index contributed by atoms with van der Waals surface area (Å²) in [6, 6.07) is 0. The molecule has 3 nitrogen and oxygen atoms in total. The van der Waals surface area contributed by atoms with Crippen molar-refractivity contribution in [3.8, 4) is 0 Å². The Labute approximate surface area is 98.1 Å². The Hall–Kier alpha value is -0.410. The highest BCUT2D eigenvalue weighted by molar-refractivity contribution is 5.85. The molecule has 1 aliphatic heterocycles. The van der Waals surface area contributed by atoms with Crippen molar-refractivity contribution in [3.63, 3.8) is 0 Å². The number of ether oxygens (including phenoxy) is 1. The summed E-state index contributed by atoms with van der Waals surface area (Å²) in [7, 11) is 0. The first-order valence-electron chi connectivity index (χ1n) is 6.23. The molecule has 0 bridgehead atoms. The van der Waals surface area contributed by atoms with Crippen LogP contribution in [0.3, 0.4) is 0 Å². The molecule has 92 valence electrons. The summed E-state index contributed by atoms with van der Waals surface area (Å²) in [6.07, 6.45) is 2.21. The molecule has 0 atom stereocenters. The van der Waals surface area contributed by atoms with Gasteiger partial charge in [-0.05, 0) is 40.5 Å². The number of nitrogens with zero attached hydrogens (tertiary/aromatic N) is 1. The highest BCUT2D eigenvalue weighted by atomic mass is 16.5. The summed E-state index contributed by atoms with van der Waals surface area (Å²) in [5.74, 6) is 0.794. The summed E-state index contributed by atoms with van der Waals surface area (Å²) in [5.41, 5.74) is -0.294. The second-order valence-electron chi connectivity index (χ2n) is 6.51. The van der Waals surface area contributed by atoms with Gasteiger partial charge in [-0.1, -0.05) is 0 Å². The van der Waals surface area contributed by atoms with E-state index >= 15 is 0 Å². The fourth-order valence-corrected chi connectivity index (χ4v) is 2.81. The van der Waals surface area contributed by atoms with Gasteiger partial charge in [0, 0.05) is 19.0 Å². The summed E-state index contributed by atoms with van der Waals surface area (Å²) in [5, 5.41) is 0. The maximum Gasteiger partial charge on any atom is 0.149 e. The zero-order valence-corrected chi connectivity index (χ0v) is 10.9. The molecule has 3 heteroatoms. The normalized spacial score (nSPS) is 29.0. The van der Waals surface area contributed by atoms with Gasteiger partial charge in [0.05, 0.1) is 17.7 Å². The molecule has 1 saturated heterocycles. The Balaban J connectivity index is 1.95. The number of hydrogen-bond acceptors (Lipinski definition) is 3. The highest BCUT2D eigenvalue weighted by Crippen LogP contribution is 2.32. The lowest BCUT2D eigenvalue weighted by atomic mass is 9.98. The monoisotopic (exact) mass is 225 g/mol. The number of carbonyl (C=O) groups is 1. The van der Waals surface area contributed by atoms with Crippen molar-refractivity contribution in [1.82, 2.24) is 4.90 Å². The summed E-state index contributed by atoms with van der Waals surface area (Å²) in [6.45, 7) is 10.7. The fraction of sp³-hybridized carbons (Fsp3) is 0.923. The molecule has 16 heavy (non-hydrogen) atoms. The molecule has 0 aromatic heterocycles. The average Bonchev–Trinajstić information content (AvgIpc) is 2.77. The molecule has 0 unspecified atom stereocenters. The molecule has 1 aliphatic carbocycles. The van der Waals surface area contributed by atoms with Crippen LogP contribution in [-0.4, -0.2) is 41.5 Å². The van der Waals surface area contributed by atoms with Gasteiger partial charge in [-0.25, -0.2) is 0 Å². The van der Waals surface area contributed by atoms with Crippen molar-refractivity contribution in [3.05, 3.63) is 0 Å². The van der Waals surface area contributed by atoms with Crippen LogP contribution in [0, 0.1) is 5.92 Å². The van der Waals surface area contributed by atoms with E-state index in [0.717, 1.165) is 25.9 Å². The fourth-order valence-electron chi connectivity index (χ4n) is 2.81. The number of carbonyl (C=O) groups excluding carboxylic acids is 1. The maximum absolute atomic E-state index is 11.8. The van der Waals surface area contributed by atoms with Crippen molar-refractivity contribution in [2.75, 3.05) is 19.6 Å². The number of Topliss-reactive ketones (excluding diaryl/α,β-unsaturated/α-hetero) is 1. The third-order valence-electron chi connectivity index (χ3n) is 3.17. The zero-order chi connectivity index (χ0) is 12.0. The van der Waals surface area contributed by atoms with Gasteiger partial charge >= 0.3 is 0 Å². The molecule has 2 rings (SSSR count). The number of ketones is 1. The van der Waals surface area contributed by atoms with E-state index in [1.807, 2.05) is 0 Å². The van der Waals surface area contributed by atoms with E-state index in [1.54, 1.807) is 0 Å². The molecule has 0 N–H and O–H groups in total. The van der Waals surface area contributed by atoms with Gasteiger partial charge in [0.2, 0.25) is 0 Å². The SMILES string of the molecule is CC1(C)CN(CC(=O)C2CC2)CC(C)(C)O1. The van der Waals surface area contributed by atoms with E-state index in [9.17, 15) is 4.79 Å². The van der Waals surface area contributed by atoms with Gasteiger partial charge in [-0.15, -0.1) is 0 Å². The van der Waals surface area contributed by atoms with Crippen LogP contribution < -0.4 is 0 Å². The smallest absolute Gasteiger partial charge is 0.149 e. The summed E-state index contributed by atoms with van der Waals surface area (Å²) >= 11 is 0. The van der Waals surface area contributed by atoms with Crippen molar-refractivity contribution >= 4 is 5.78 Å². The average molecular weight is 225 g/mol. The van der Waals surface area contributed by atoms with Crippen LogP contribution in [0.5, 0.6) is 0 Å².